The molecule has 12 heavy (non-hydrogen) atoms. The van der Waals surface area contributed by atoms with E-state index in [0.29, 0.717) is 11.1 Å². The van der Waals surface area contributed by atoms with Crippen LogP contribution in [0.25, 0.3) is 0 Å². The van der Waals surface area contributed by atoms with Crippen LogP contribution in [-0.2, 0) is 0 Å². The van der Waals surface area contributed by atoms with Crippen LogP contribution < -0.4 is 0 Å². The van der Waals surface area contributed by atoms with Crippen molar-refractivity contribution in [1.29, 1.82) is 5.26 Å². The summed E-state index contributed by atoms with van der Waals surface area (Å²) in [5.41, 5.74) is 1.00. The Labute approximate surface area is 69.9 Å². The Kier molecular flexibility index (Phi) is 2.78. The molecule has 0 heterocycles. The zero-order chi connectivity index (χ0) is 8.97. The van der Waals surface area contributed by atoms with Gasteiger partial charge in [0.05, 0.1) is 11.6 Å². The average molecular weight is 165 g/mol. The Morgan fingerprint density at radius 2 is 2.00 bits per heavy atom. The summed E-state index contributed by atoms with van der Waals surface area (Å²) in [7, 11) is 0. The topological polar surface area (TPSA) is 44.0 Å². The number of nitrogens with zero attached hydrogens (tertiary/aromatic N) is 1. The van der Waals surface area contributed by atoms with Crippen LogP contribution in [-0.4, -0.2) is 11.8 Å². The number of benzene rings is 1. The van der Waals surface area contributed by atoms with Gasteiger partial charge in [-0.2, -0.15) is 5.26 Å². The van der Waals surface area contributed by atoms with Gasteiger partial charge in [0.1, 0.15) is 12.8 Å². The number of aliphatic hydroxyl groups is 1. The molecule has 0 amide bonds. The Morgan fingerprint density at radius 1 is 1.42 bits per heavy atom. The van der Waals surface area contributed by atoms with Crippen molar-refractivity contribution in [2.45, 2.75) is 6.10 Å². The molecule has 0 aliphatic carbocycles. The third-order valence-corrected chi connectivity index (χ3v) is 1.57. The van der Waals surface area contributed by atoms with E-state index in [4.69, 9.17) is 10.4 Å². The van der Waals surface area contributed by atoms with Crippen LogP contribution in [0.1, 0.15) is 17.2 Å². The van der Waals surface area contributed by atoms with E-state index in [1.165, 1.54) is 0 Å². The molecule has 0 saturated carbocycles. The summed E-state index contributed by atoms with van der Waals surface area (Å²) in [6.07, 6.45) is -1.07. The molecule has 0 aromatic heterocycles. The fraction of sp³-hybridized carbons (Fsp3) is 0.222. The molecule has 1 unspecified atom stereocenters. The lowest BCUT2D eigenvalue weighted by Gasteiger charge is -2.04. The molecule has 2 nitrogen and oxygen atoms in total. The van der Waals surface area contributed by atoms with E-state index in [9.17, 15) is 4.39 Å². The number of rotatable bonds is 2. The van der Waals surface area contributed by atoms with Crippen molar-refractivity contribution in [3.05, 3.63) is 35.4 Å². The van der Waals surface area contributed by atoms with Crippen molar-refractivity contribution in [3.63, 3.8) is 0 Å². The van der Waals surface area contributed by atoms with Gasteiger partial charge in [0.2, 0.25) is 0 Å². The lowest BCUT2D eigenvalue weighted by molar-refractivity contribution is 0.142. The molecule has 1 N–H and O–H groups in total. The van der Waals surface area contributed by atoms with Crippen molar-refractivity contribution in [1.82, 2.24) is 0 Å². The molecular formula is C9H8FNO. The number of alkyl halides is 1. The molecular weight excluding hydrogens is 157 g/mol. The largest absolute Gasteiger partial charge is 0.386 e. The molecule has 3 heteroatoms. The van der Waals surface area contributed by atoms with Crippen LogP contribution in [0.4, 0.5) is 4.39 Å². The smallest absolute Gasteiger partial charge is 0.119 e. The van der Waals surface area contributed by atoms with E-state index < -0.39 is 12.8 Å². The lowest BCUT2D eigenvalue weighted by Crippen LogP contribution is -1.98. The number of halogens is 1. The summed E-state index contributed by atoms with van der Waals surface area (Å²) in [5, 5.41) is 17.5. The molecule has 1 aromatic rings. The lowest BCUT2D eigenvalue weighted by atomic mass is 10.1. The van der Waals surface area contributed by atoms with Gasteiger partial charge in [-0.3, -0.25) is 0 Å². The number of nitriles is 1. The second-order valence-electron chi connectivity index (χ2n) is 2.40. The Morgan fingerprint density at radius 3 is 2.42 bits per heavy atom. The first-order valence-corrected chi connectivity index (χ1v) is 3.52. The molecule has 1 aromatic carbocycles. The van der Waals surface area contributed by atoms with Crippen LogP contribution in [0.15, 0.2) is 24.3 Å². The van der Waals surface area contributed by atoms with Crippen LogP contribution >= 0.6 is 0 Å². The molecule has 0 fully saturated rings. The van der Waals surface area contributed by atoms with Gasteiger partial charge in [0.25, 0.3) is 0 Å². The maximum Gasteiger partial charge on any atom is 0.119 e. The summed E-state index contributed by atoms with van der Waals surface area (Å²) in [6, 6.07) is 8.12. The highest BCUT2D eigenvalue weighted by molar-refractivity contribution is 5.32. The second kappa shape index (κ2) is 3.84. The fourth-order valence-corrected chi connectivity index (χ4v) is 0.869. The monoisotopic (exact) mass is 165 g/mol. The van der Waals surface area contributed by atoms with Crippen molar-refractivity contribution >= 4 is 0 Å². The van der Waals surface area contributed by atoms with Gasteiger partial charge in [0.15, 0.2) is 0 Å². The molecule has 0 aliphatic heterocycles. The van der Waals surface area contributed by atoms with E-state index in [-0.39, 0.29) is 0 Å². The number of hydrogen-bond acceptors (Lipinski definition) is 2. The van der Waals surface area contributed by atoms with E-state index in [0.717, 1.165) is 0 Å². The zero-order valence-electron chi connectivity index (χ0n) is 6.37. The molecule has 0 spiro atoms. The van der Waals surface area contributed by atoms with Gasteiger partial charge in [-0.1, -0.05) is 12.1 Å². The molecule has 1 rings (SSSR count). The Hall–Kier alpha value is -1.40. The van der Waals surface area contributed by atoms with Gasteiger partial charge in [-0.25, -0.2) is 4.39 Å². The predicted molar refractivity (Wildman–Crippen MR) is 42.1 cm³/mol. The molecule has 62 valence electrons. The van der Waals surface area contributed by atoms with E-state index >= 15 is 0 Å². The van der Waals surface area contributed by atoms with E-state index in [1.807, 2.05) is 6.07 Å². The highest BCUT2D eigenvalue weighted by atomic mass is 19.1. The second-order valence-corrected chi connectivity index (χ2v) is 2.40. The summed E-state index contributed by atoms with van der Waals surface area (Å²) < 4.78 is 11.9. The standard InChI is InChI=1S/C9H8FNO/c10-5-9(12)8-3-1-7(6-11)2-4-8/h1-4,9,12H,5H2. The first kappa shape index (κ1) is 8.69. The van der Waals surface area contributed by atoms with E-state index in [1.54, 1.807) is 24.3 Å². The summed E-state index contributed by atoms with van der Waals surface area (Å²) in [6.45, 7) is -0.800. The summed E-state index contributed by atoms with van der Waals surface area (Å²) in [4.78, 5) is 0. The van der Waals surface area contributed by atoms with Crippen LogP contribution in [0.5, 0.6) is 0 Å². The van der Waals surface area contributed by atoms with Gasteiger partial charge in [-0.15, -0.1) is 0 Å². The van der Waals surface area contributed by atoms with E-state index in [2.05, 4.69) is 0 Å². The SMILES string of the molecule is N#Cc1ccc(C(O)CF)cc1. The quantitative estimate of drug-likeness (QED) is 0.722. The predicted octanol–water partition coefficient (Wildman–Crippen LogP) is 1.56. The maximum absolute atomic E-state index is 11.9. The minimum Gasteiger partial charge on any atom is -0.386 e. The molecule has 0 radical (unpaired) electrons. The third-order valence-electron chi connectivity index (χ3n) is 1.57. The minimum atomic E-state index is -1.07. The summed E-state index contributed by atoms with van der Waals surface area (Å²) in [5.74, 6) is 0. The first-order chi connectivity index (χ1) is 5.77. The molecule has 1 atom stereocenters. The van der Waals surface area contributed by atoms with Gasteiger partial charge >= 0.3 is 0 Å². The first-order valence-electron chi connectivity index (χ1n) is 3.52. The third kappa shape index (κ3) is 1.80. The molecule has 0 aliphatic rings. The number of aliphatic hydroxyl groups excluding tert-OH is 1. The number of hydrogen-bond donors (Lipinski definition) is 1. The van der Waals surface area contributed by atoms with Crippen molar-refractivity contribution in [3.8, 4) is 6.07 Å². The van der Waals surface area contributed by atoms with Crippen LogP contribution in [0.2, 0.25) is 0 Å². The Bertz CT molecular complexity index is 288. The van der Waals surface area contributed by atoms with Crippen LogP contribution in [0, 0.1) is 11.3 Å². The minimum absolute atomic E-state index is 0.497. The average Bonchev–Trinajstić information content (AvgIpc) is 2.17. The van der Waals surface area contributed by atoms with Crippen molar-refractivity contribution < 1.29 is 9.50 Å². The fourth-order valence-electron chi connectivity index (χ4n) is 0.869. The van der Waals surface area contributed by atoms with Gasteiger partial charge in [-0.05, 0) is 17.7 Å². The van der Waals surface area contributed by atoms with Crippen molar-refractivity contribution in [2.24, 2.45) is 0 Å². The van der Waals surface area contributed by atoms with Crippen LogP contribution in [0.3, 0.4) is 0 Å². The maximum atomic E-state index is 11.9. The Balaban J connectivity index is 2.86. The van der Waals surface area contributed by atoms with Gasteiger partial charge in [0, 0.05) is 0 Å². The summed E-state index contributed by atoms with van der Waals surface area (Å²) >= 11 is 0. The highest BCUT2D eigenvalue weighted by Gasteiger charge is 2.05. The molecule has 0 saturated heterocycles. The van der Waals surface area contributed by atoms with Crippen molar-refractivity contribution in [2.75, 3.05) is 6.67 Å². The van der Waals surface area contributed by atoms with Gasteiger partial charge < -0.3 is 5.11 Å². The zero-order valence-corrected chi connectivity index (χ0v) is 6.37. The highest BCUT2D eigenvalue weighted by Crippen LogP contribution is 2.13. The normalized spacial score (nSPS) is 12.1. The molecule has 0 bridgehead atoms.